The van der Waals surface area contributed by atoms with Crippen LogP contribution in [0.4, 0.5) is 0 Å². The Bertz CT molecular complexity index is 1270. The maximum absolute atomic E-state index is 13.6. The van der Waals surface area contributed by atoms with Crippen molar-refractivity contribution in [2.24, 2.45) is 5.92 Å². The van der Waals surface area contributed by atoms with Crippen LogP contribution in [0.25, 0.3) is 11.3 Å². The van der Waals surface area contributed by atoms with Gasteiger partial charge in [-0.3, -0.25) is 14.4 Å². The van der Waals surface area contributed by atoms with Crippen molar-refractivity contribution in [1.29, 1.82) is 0 Å². The number of aromatic nitrogens is 1. The maximum Gasteiger partial charge on any atom is 0.530 e. The van der Waals surface area contributed by atoms with Gasteiger partial charge in [0.15, 0.2) is 17.9 Å². The number of fused-ring (bicyclic) bond motifs is 2. The van der Waals surface area contributed by atoms with Crippen molar-refractivity contribution in [2.75, 3.05) is 14.2 Å². The molecule has 2 unspecified atom stereocenters. The molecule has 3 heterocycles. The molecule has 2 aliphatic rings. The molecule has 12 heteroatoms. The van der Waals surface area contributed by atoms with Gasteiger partial charge in [-0.2, -0.15) is 0 Å². The second kappa shape index (κ2) is 11.9. The van der Waals surface area contributed by atoms with E-state index in [4.69, 9.17) is 14.0 Å². The largest absolute Gasteiger partial charge is 0.613 e. The second-order valence-electron chi connectivity index (χ2n) is 11.0. The molecule has 0 radical (unpaired) electrons. The van der Waals surface area contributed by atoms with Crippen LogP contribution in [0.3, 0.4) is 0 Å². The summed E-state index contributed by atoms with van der Waals surface area (Å²) in [6.45, 7) is 2.89. The van der Waals surface area contributed by atoms with Gasteiger partial charge in [0.1, 0.15) is 11.7 Å². The van der Waals surface area contributed by atoms with Crippen LogP contribution < -0.4 is 10.1 Å². The van der Waals surface area contributed by atoms with Crippen molar-refractivity contribution in [2.45, 2.75) is 63.7 Å². The number of likely N-dealkylation sites (N-methyl/N-ethyl adjacent to an activating group) is 1. The van der Waals surface area contributed by atoms with Gasteiger partial charge in [0.25, 0.3) is 11.9 Å². The van der Waals surface area contributed by atoms with E-state index in [1.165, 1.54) is 20.1 Å². The first-order valence-electron chi connectivity index (χ1n) is 13.5. The molecule has 11 nitrogen and oxygen atoms in total. The molecule has 0 aliphatic carbocycles. The fourth-order valence-corrected chi connectivity index (χ4v) is 5.88. The van der Waals surface area contributed by atoms with Gasteiger partial charge in [-0.25, -0.2) is 9.78 Å². The highest BCUT2D eigenvalue weighted by molar-refractivity contribution is 6.65. The predicted molar refractivity (Wildman–Crippen MR) is 145 cm³/mol. The molecule has 2 bridgehead atoms. The van der Waals surface area contributed by atoms with Crippen molar-refractivity contribution >= 4 is 30.3 Å². The number of amides is 1. The molecule has 2 aliphatic heterocycles. The number of rotatable bonds is 11. The van der Waals surface area contributed by atoms with Crippen LogP contribution in [0.5, 0.6) is 0 Å². The quantitative estimate of drug-likeness (QED) is 0.268. The zero-order chi connectivity index (χ0) is 29.2. The third kappa shape index (κ3) is 5.65. The number of ether oxygens (including phenoxy) is 1. The first kappa shape index (κ1) is 29.4. The monoisotopic (exact) mass is 553 g/mol. The number of methoxy groups -OCH3 is 1. The Hall–Kier alpha value is -3.61. The Kier molecular flexibility index (Phi) is 8.72. The number of quaternary nitrogens is 1. The Morgan fingerprint density at radius 3 is 2.45 bits per heavy atom. The first-order chi connectivity index (χ1) is 19.0. The number of carbonyl (C=O) groups is 4. The lowest BCUT2D eigenvalue weighted by atomic mass is 9.52. The molecule has 2 fully saturated rings. The van der Waals surface area contributed by atoms with Crippen LogP contribution in [0.2, 0.25) is 5.82 Å². The molecule has 3 N–H and O–H groups in total. The summed E-state index contributed by atoms with van der Waals surface area (Å²) in [7, 11) is 2.92. The summed E-state index contributed by atoms with van der Waals surface area (Å²) < 4.78 is 16.7. The van der Waals surface area contributed by atoms with Gasteiger partial charge in [-0.15, -0.1) is 0 Å². The Labute approximate surface area is 233 Å². The van der Waals surface area contributed by atoms with E-state index in [9.17, 15) is 24.3 Å². The summed E-state index contributed by atoms with van der Waals surface area (Å²) >= 11 is 0. The number of aliphatic hydroxyl groups excluding tert-OH is 1. The fraction of sp³-hybridized carbons (Fsp3) is 0.464. The Morgan fingerprint density at radius 1 is 1.12 bits per heavy atom. The molecule has 1 aromatic heterocycles. The van der Waals surface area contributed by atoms with Crippen molar-refractivity contribution in [1.82, 2.24) is 10.3 Å². The van der Waals surface area contributed by atoms with E-state index >= 15 is 0 Å². The Balaban J connectivity index is 1.55. The third-order valence-corrected chi connectivity index (χ3v) is 7.78. The summed E-state index contributed by atoms with van der Waals surface area (Å²) in [5.41, 5.74) is 1.52. The Morgan fingerprint density at radius 2 is 1.82 bits per heavy atom. The SMILES string of the molecule is COC(=O)[C@H]1[C@H]2O[B-]([C@@H](CC(=O)[C@@H](NC(=O)c3cccc(-c4ccccc4)n3)[C@@H](C)O)CC(C)C)(OC2=O)[NH+]1C. The van der Waals surface area contributed by atoms with Crippen LogP contribution in [-0.4, -0.2) is 78.9 Å². The van der Waals surface area contributed by atoms with E-state index in [2.05, 4.69) is 10.3 Å². The third-order valence-electron chi connectivity index (χ3n) is 7.78. The lowest BCUT2D eigenvalue weighted by Gasteiger charge is -2.43. The van der Waals surface area contributed by atoms with Gasteiger partial charge in [0.2, 0.25) is 0 Å². The number of nitrogens with one attached hydrogen (secondary N) is 2. The van der Waals surface area contributed by atoms with Gasteiger partial charge in [-0.1, -0.05) is 56.7 Å². The number of hydrogen-bond acceptors (Lipinski definition) is 9. The first-order valence-corrected chi connectivity index (χ1v) is 13.5. The number of carbonyl (C=O) groups excluding carboxylic acids is 4. The van der Waals surface area contributed by atoms with E-state index in [0.717, 1.165) is 5.56 Å². The molecule has 2 saturated heterocycles. The molecule has 0 saturated carbocycles. The summed E-state index contributed by atoms with van der Waals surface area (Å²) in [6.07, 6.45) is -2.04. The molecule has 1 amide bonds. The molecule has 4 rings (SSSR count). The molecular weight excluding hydrogens is 517 g/mol. The molecule has 0 spiro atoms. The van der Waals surface area contributed by atoms with Crippen molar-refractivity contribution in [3.8, 4) is 11.3 Å². The molecule has 2 aromatic rings. The number of ketones is 1. The average Bonchev–Trinajstić information content (AvgIpc) is 3.43. The van der Waals surface area contributed by atoms with Crippen LogP contribution in [-0.2, 0) is 28.4 Å². The number of aliphatic hydroxyl groups is 1. The molecule has 1 aromatic carbocycles. The number of pyridine rings is 1. The van der Waals surface area contributed by atoms with Crippen molar-refractivity contribution in [3.05, 3.63) is 54.2 Å². The highest BCUT2D eigenvalue weighted by Gasteiger charge is 2.69. The van der Waals surface area contributed by atoms with E-state index in [0.29, 0.717) is 16.9 Å². The highest BCUT2D eigenvalue weighted by Crippen LogP contribution is 2.39. The van der Waals surface area contributed by atoms with Gasteiger partial charge in [-0.05, 0) is 37.2 Å². The van der Waals surface area contributed by atoms with Crippen LogP contribution >= 0.6 is 0 Å². The van der Waals surface area contributed by atoms with Gasteiger partial charge < -0.3 is 29.3 Å². The van der Waals surface area contributed by atoms with E-state index in [1.807, 2.05) is 44.2 Å². The van der Waals surface area contributed by atoms with Crippen LogP contribution in [0.15, 0.2) is 48.5 Å². The predicted octanol–water partition coefficient (Wildman–Crippen LogP) is 0.554. The van der Waals surface area contributed by atoms with Crippen LogP contribution in [0.1, 0.15) is 44.1 Å². The van der Waals surface area contributed by atoms with Crippen LogP contribution in [0, 0.1) is 5.92 Å². The van der Waals surface area contributed by atoms with Crippen molar-refractivity contribution < 1.29 is 43.1 Å². The minimum Gasteiger partial charge on any atom is -0.613 e. The molecule has 214 valence electrons. The number of nitrogens with zero attached hydrogens (tertiary/aromatic N) is 1. The average molecular weight is 553 g/mol. The van der Waals surface area contributed by atoms with Gasteiger partial charge in [0, 0.05) is 12.6 Å². The topological polar surface area (TPSA) is 146 Å². The smallest absolute Gasteiger partial charge is 0.530 e. The normalized spacial score (nSPS) is 25.7. The maximum atomic E-state index is 13.6. The fourth-order valence-electron chi connectivity index (χ4n) is 5.88. The minimum atomic E-state index is -2.44. The van der Waals surface area contributed by atoms with Gasteiger partial charge >= 0.3 is 12.7 Å². The second-order valence-corrected chi connectivity index (χ2v) is 11.0. The molecular formula is C28H36BN3O8. The molecule has 40 heavy (non-hydrogen) atoms. The number of Topliss-reactive ketones (excluding diaryl/α,β-unsaturated/α-hetero) is 1. The molecule has 7 atom stereocenters. The summed E-state index contributed by atoms with van der Waals surface area (Å²) in [6, 6.07) is 12.2. The van der Waals surface area contributed by atoms with Gasteiger partial charge in [0.05, 0.1) is 18.9 Å². The highest BCUT2D eigenvalue weighted by atomic mass is 16.7. The minimum absolute atomic E-state index is 0.0879. The zero-order valence-corrected chi connectivity index (χ0v) is 23.3. The van der Waals surface area contributed by atoms with E-state index < -0.39 is 60.4 Å². The lowest BCUT2D eigenvalue weighted by molar-refractivity contribution is -0.799. The summed E-state index contributed by atoms with van der Waals surface area (Å²) in [5, 5.41) is 13.1. The summed E-state index contributed by atoms with van der Waals surface area (Å²) in [5.74, 6) is -2.84. The van der Waals surface area contributed by atoms with E-state index in [-0.39, 0.29) is 18.0 Å². The summed E-state index contributed by atoms with van der Waals surface area (Å²) in [4.78, 5) is 56.8. The van der Waals surface area contributed by atoms with Crippen molar-refractivity contribution in [3.63, 3.8) is 0 Å². The zero-order valence-electron chi connectivity index (χ0n) is 23.3. The number of esters is 1. The van der Waals surface area contributed by atoms with E-state index in [1.54, 1.807) is 19.2 Å². The number of hydrogen-bond donors (Lipinski definition) is 3. The lowest BCUT2D eigenvalue weighted by Crippen LogP contribution is -3.24. The number of benzene rings is 1. The standard InChI is InChI=1S/C28H36BN3O8/c1-16(2)14-19(29-32(4)24(27(36)38-5)25(39-29)28(37)40-29)15-22(34)23(17(3)33)31-26(35)21-13-9-12-20(30-21)18-10-7-6-8-11-18/h6-13,16-17,19,23-25,32-33H,14-15H2,1-5H3,(H,31,35)/t17-,19-,23+,24-,25-,29?/m1/s1.